The molecule has 0 N–H and O–H groups in total. The van der Waals surface area contributed by atoms with Gasteiger partial charge in [-0.05, 0) is 64.4 Å². The van der Waals surface area contributed by atoms with Gasteiger partial charge >= 0.3 is 0 Å². The van der Waals surface area contributed by atoms with Crippen LogP contribution in [0.5, 0.6) is 0 Å². The van der Waals surface area contributed by atoms with Crippen molar-refractivity contribution < 1.29 is 0 Å². The van der Waals surface area contributed by atoms with E-state index in [0.717, 1.165) is 50.7 Å². The Kier molecular flexibility index (Phi) is 5.70. The van der Waals surface area contributed by atoms with Crippen LogP contribution in [0, 0.1) is 0 Å². The van der Waals surface area contributed by atoms with Crippen molar-refractivity contribution in [3.05, 3.63) is 169 Å². The highest BCUT2D eigenvalue weighted by molar-refractivity contribution is 6.14. The predicted octanol–water partition coefficient (Wildman–Crippen LogP) is 11.8. The third-order valence-corrected chi connectivity index (χ3v) is 11.0. The lowest BCUT2D eigenvalue weighted by molar-refractivity contribution is 0.635. The predicted molar refractivity (Wildman–Crippen MR) is 211 cm³/mol. The maximum atomic E-state index is 5.61. The van der Waals surface area contributed by atoms with Crippen LogP contribution in [-0.4, -0.2) is 19.1 Å². The van der Waals surface area contributed by atoms with Crippen LogP contribution in [0.4, 0.5) is 0 Å². The fourth-order valence-electron chi connectivity index (χ4n) is 8.66. The smallest absolute Gasteiger partial charge is 0.161 e. The number of para-hydroxylation sites is 3. The third kappa shape index (κ3) is 3.90. The van der Waals surface area contributed by atoms with E-state index in [4.69, 9.17) is 9.97 Å². The highest BCUT2D eigenvalue weighted by Crippen LogP contribution is 2.51. The van der Waals surface area contributed by atoms with Crippen molar-refractivity contribution >= 4 is 54.4 Å². The summed E-state index contributed by atoms with van der Waals surface area (Å²) < 4.78 is 4.75. The van der Waals surface area contributed by atoms with E-state index in [1.807, 2.05) is 0 Å². The van der Waals surface area contributed by atoms with E-state index in [0.29, 0.717) is 0 Å². The molecule has 240 valence electrons. The third-order valence-electron chi connectivity index (χ3n) is 11.0. The van der Waals surface area contributed by atoms with Gasteiger partial charge in [-0.3, -0.25) is 4.57 Å². The van der Waals surface area contributed by atoms with E-state index in [1.165, 1.54) is 49.0 Å². The lowest BCUT2D eigenvalue weighted by atomic mass is 9.85. The molecule has 0 unspecified atom stereocenters. The first-order valence-electron chi connectivity index (χ1n) is 17.6. The SMILES string of the molecule is CC1(C)c2ccccc2-c2c(-n3c4ccccc4c4cc5ccccc5cc43)nc(-c3ccc4c5ccccc5n(-c5ccccc5)c4c3)nc21. The van der Waals surface area contributed by atoms with Gasteiger partial charge in [0.1, 0.15) is 5.82 Å². The van der Waals surface area contributed by atoms with Gasteiger partial charge in [0.25, 0.3) is 0 Å². The molecule has 0 amide bonds. The van der Waals surface area contributed by atoms with Crippen LogP contribution in [0.1, 0.15) is 25.1 Å². The van der Waals surface area contributed by atoms with Gasteiger partial charge in [-0.1, -0.05) is 129 Å². The molecule has 7 aromatic carbocycles. The van der Waals surface area contributed by atoms with Crippen LogP contribution in [0.2, 0.25) is 0 Å². The first-order chi connectivity index (χ1) is 25.1. The summed E-state index contributed by atoms with van der Waals surface area (Å²) in [6.07, 6.45) is 0. The summed E-state index contributed by atoms with van der Waals surface area (Å²) >= 11 is 0. The highest BCUT2D eigenvalue weighted by Gasteiger charge is 2.40. The Balaban J connectivity index is 1.26. The molecule has 51 heavy (non-hydrogen) atoms. The molecule has 1 aliphatic carbocycles. The number of nitrogens with zero attached hydrogens (tertiary/aromatic N) is 4. The monoisotopic (exact) mass is 652 g/mol. The summed E-state index contributed by atoms with van der Waals surface area (Å²) in [6, 6.07) is 56.8. The van der Waals surface area contributed by atoms with E-state index in [1.54, 1.807) is 0 Å². The molecule has 0 saturated carbocycles. The molecule has 10 aromatic rings. The molecule has 0 spiro atoms. The number of hydrogen-bond donors (Lipinski definition) is 0. The number of benzene rings is 7. The highest BCUT2D eigenvalue weighted by atomic mass is 15.1. The Morgan fingerprint density at radius 3 is 1.88 bits per heavy atom. The molecule has 0 atom stereocenters. The van der Waals surface area contributed by atoms with Crippen molar-refractivity contribution in [1.82, 2.24) is 19.1 Å². The quantitative estimate of drug-likeness (QED) is 0.190. The zero-order valence-corrected chi connectivity index (χ0v) is 28.3. The first-order valence-corrected chi connectivity index (χ1v) is 17.6. The average Bonchev–Trinajstić information content (AvgIpc) is 3.76. The standard InChI is InChI=1S/C47H32N4/c1-47(2)38-21-11-8-20-36(38)43-44(47)48-45(31-24-25-35-33-18-9-12-22-39(33)50(41(35)28-31)32-16-4-3-5-17-32)49-46(43)51-40-23-13-10-19-34(40)37-26-29-14-6-7-15-30(29)27-42(37)51/h3-28H,1-2H3. The molecule has 1 aliphatic rings. The fraction of sp³-hybridized carbons (Fsp3) is 0.0638. The summed E-state index contributed by atoms with van der Waals surface area (Å²) in [5, 5.41) is 7.31. The number of rotatable bonds is 3. The zero-order chi connectivity index (χ0) is 33.8. The molecule has 0 fully saturated rings. The minimum atomic E-state index is -0.313. The van der Waals surface area contributed by atoms with E-state index >= 15 is 0 Å². The number of hydrogen-bond acceptors (Lipinski definition) is 2. The molecule has 0 bridgehead atoms. The van der Waals surface area contributed by atoms with Gasteiger partial charge in [0.2, 0.25) is 0 Å². The summed E-state index contributed by atoms with van der Waals surface area (Å²) in [7, 11) is 0. The minimum absolute atomic E-state index is 0.313. The largest absolute Gasteiger partial charge is 0.309 e. The average molecular weight is 653 g/mol. The lowest BCUT2D eigenvalue weighted by Crippen LogP contribution is -2.18. The zero-order valence-electron chi connectivity index (χ0n) is 28.3. The molecular formula is C47H32N4. The first kappa shape index (κ1) is 28.3. The summed E-state index contributed by atoms with van der Waals surface area (Å²) in [4.78, 5) is 11.1. The molecule has 0 saturated heterocycles. The second kappa shape index (κ2) is 10.3. The normalized spacial score (nSPS) is 13.5. The summed E-state index contributed by atoms with van der Waals surface area (Å²) in [6.45, 7) is 4.60. The van der Waals surface area contributed by atoms with Gasteiger partial charge < -0.3 is 4.57 Å². The minimum Gasteiger partial charge on any atom is -0.309 e. The molecule has 4 nitrogen and oxygen atoms in total. The van der Waals surface area contributed by atoms with Gasteiger partial charge in [0.05, 0.1) is 27.8 Å². The van der Waals surface area contributed by atoms with Crippen LogP contribution in [0.15, 0.2) is 158 Å². The van der Waals surface area contributed by atoms with E-state index in [-0.39, 0.29) is 5.41 Å². The van der Waals surface area contributed by atoms with E-state index < -0.39 is 0 Å². The van der Waals surface area contributed by atoms with E-state index in [2.05, 4.69) is 181 Å². The van der Waals surface area contributed by atoms with Crippen molar-refractivity contribution in [3.8, 4) is 34.0 Å². The van der Waals surface area contributed by atoms with Crippen molar-refractivity contribution in [1.29, 1.82) is 0 Å². The molecule has 4 heteroatoms. The maximum Gasteiger partial charge on any atom is 0.161 e. The second-order valence-electron chi connectivity index (χ2n) is 14.3. The van der Waals surface area contributed by atoms with Crippen molar-refractivity contribution in [2.24, 2.45) is 0 Å². The molecule has 3 heterocycles. The Morgan fingerprint density at radius 1 is 0.471 bits per heavy atom. The van der Waals surface area contributed by atoms with Crippen LogP contribution in [-0.2, 0) is 5.41 Å². The molecule has 0 aliphatic heterocycles. The van der Waals surface area contributed by atoms with Crippen LogP contribution in [0.25, 0.3) is 88.4 Å². The summed E-state index contributed by atoms with van der Waals surface area (Å²) in [5.41, 5.74) is 11.0. The van der Waals surface area contributed by atoms with Gasteiger partial charge in [-0.15, -0.1) is 0 Å². The number of aromatic nitrogens is 4. The van der Waals surface area contributed by atoms with Gasteiger partial charge in [0.15, 0.2) is 5.82 Å². The number of fused-ring (bicyclic) bond motifs is 10. The lowest BCUT2D eigenvalue weighted by Gasteiger charge is -2.21. The van der Waals surface area contributed by atoms with Crippen molar-refractivity contribution in [2.45, 2.75) is 19.3 Å². The Morgan fingerprint density at radius 2 is 1.08 bits per heavy atom. The Hall–Kier alpha value is -6.52. The molecule has 3 aromatic heterocycles. The van der Waals surface area contributed by atoms with Crippen molar-refractivity contribution in [3.63, 3.8) is 0 Å². The van der Waals surface area contributed by atoms with Crippen LogP contribution >= 0.6 is 0 Å². The van der Waals surface area contributed by atoms with Gasteiger partial charge in [0, 0.05) is 43.8 Å². The van der Waals surface area contributed by atoms with Crippen molar-refractivity contribution in [2.75, 3.05) is 0 Å². The second-order valence-corrected chi connectivity index (χ2v) is 14.3. The Labute approximate surface area is 294 Å². The van der Waals surface area contributed by atoms with Gasteiger partial charge in [-0.2, -0.15) is 0 Å². The maximum absolute atomic E-state index is 5.61. The molecule has 0 radical (unpaired) electrons. The topological polar surface area (TPSA) is 35.6 Å². The van der Waals surface area contributed by atoms with Gasteiger partial charge in [-0.25, -0.2) is 9.97 Å². The molecule has 11 rings (SSSR count). The van der Waals surface area contributed by atoms with Crippen LogP contribution < -0.4 is 0 Å². The summed E-state index contributed by atoms with van der Waals surface area (Å²) in [5.74, 6) is 1.64. The van der Waals surface area contributed by atoms with E-state index in [9.17, 15) is 0 Å². The Bertz CT molecular complexity index is 3050. The fourth-order valence-corrected chi connectivity index (χ4v) is 8.66. The molecular weight excluding hydrogens is 621 g/mol. The van der Waals surface area contributed by atoms with Crippen LogP contribution in [0.3, 0.4) is 0 Å².